The summed E-state index contributed by atoms with van der Waals surface area (Å²) >= 11 is 0. The fourth-order valence-electron chi connectivity index (χ4n) is 7.35. The van der Waals surface area contributed by atoms with Crippen LogP contribution in [0.4, 0.5) is 22.0 Å². The van der Waals surface area contributed by atoms with E-state index in [4.69, 9.17) is 14.5 Å². The van der Waals surface area contributed by atoms with E-state index < -0.39 is 11.6 Å². The molecule has 0 radical (unpaired) electrons. The van der Waals surface area contributed by atoms with Crippen molar-refractivity contribution in [3.8, 4) is 11.1 Å². The second kappa shape index (κ2) is 13.4. The Morgan fingerprint density at radius 2 is 1.76 bits per heavy atom. The molecule has 0 bridgehead atoms. The number of hydrogen-bond donors (Lipinski definition) is 1. The molecule has 3 aromatic heterocycles. The third-order valence-corrected chi connectivity index (χ3v) is 9.74. The number of esters is 1. The summed E-state index contributed by atoms with van der Waals surface area (Å²) in [5.41, 5.74) is 7.29. The fraction of sp³-hybridized carbons (Fsp3) is 0.410. The summed E-state index contributed by atoms with van der Waals surface area (Å²) in [7, 11) is 1.68. The van der Waals surface area contributed by atoms with Crippen LogP contribution in [-0.2, 0) is 60.3 Å². The molecule has 0 fully saturated rings. The van der Waals surface area contributed by atoms with Gasteiger partial charge in [-0.05, 0) is 87.4 Å². The van der Waals surface area contributed by atoms with E-state index in [1.54, 1.807) is 35.2 Å². The lowest BCUT2D eigenvalue weighted by Gasteiger charge is -2.32. The normalized spacial score (nSPS) is 15.5. The molecular formula is C39H44N6O6. The average molecular weight is 693 g/mol. The topological polar surface area (TPSA) is 128 Å². The second-order valence-corrected chi connectivity index (χ2v) is 14.5. The van der Waals surface area contributed by atoms with Gasteiger partial charge in [0.05, 0.1) is 12.2 Å². The van der Waals surface area contributed by atoms with E-state index in [0.717, 1.165) is 42.5 Å². The molecule has 0 unspecified atom stereocenters. The highest BCUT2D eigenvalue weighted by atomic mass is 16.6. The monoisotopic (exact) mass is 692 g/mol. The molecule has 51 heavy (non-hydrogen) atoms. The van der Waals surface area contributed by atoms with Crippen LogP contribution in [-0.4, -0.2) is 55.7 Å². The Morgan fingerprint density at radius 1 is 0.961 bits per heavy atom. The molecular weight excluding hydrogens is 648 g/mol. The van der Waals surface area contributed by atoms with E-state index >= 15 is 0 Å². The summed E-state index contributed by atoms with van der Waals surface area (Å²) in [5.74, 6) is -0.00241. The van der Waals surface area contributed by atoms with Gasteiger partial charge >= 0.3 is 12.1 Å². The lowest BCUT2D eigenvalue weighted by atomic mass is 9.98. The first kappa shape index (κ1) is 34.1. The molecule has 4 aromatic rings. The maximum Gasteiger partial charge on any atom is 0.410 e. The lowest BCUT2D eigenvalue weighted by Crippen LogP contribution is -2.41. The Balaban J connectivity index is 1.19. The van der Waals surface area contributed by atoms with Crippen LogP contribution in [0.3, 0.4) is 0 Å². The van der Waals surface area contributed by atoms with Gasteiger partial charge in [-0.2, -0.15) is 0 Å². The maximum atomic E-state index is 14.0. The summed E-state index contributed by atoms with van der Waals surface area (Å²) in [5, 5.41) is 3.23. The zero-order chi connectivity index (χ0) is 36.0. The van der Waals surface area contributed by atoms with Gasteiger partial charge in [0.2, 0.25) is 0 Å². The molecule has 1 aromatic carbocycles. The van der Waals surface area contributed by atoms with E-state index in [9.17, 15) is 19.2 Å². The molecule has 1 N–H and O–H groups in total. The first-order valence-electron chi connectivity index (χ1n) is 17.6. The van der Waals surface area contributed by atoms with Gasteiger partial charge in [-0.15, -0.1) is 0 Å². The molecule has 2 amide bonds. The van der Waals surface area contributed by atoms with Gasteiger partial charge in [0.1, 0.15) is 29.4 Å². The number of amides is 2. The number of aryl methyl sites for hydroxylation is 2. The third-order valence-electron chi connectivity index (χ3n) is 9.74. The zero-order valence-corrected chi connectivity index (χ0v) is 29.9. The van der Waals surface area contributed by atoms with Crippen molar-refractivity contribution < 1.29 is 23.9 Å². The van der Waals surface area contributed by atoms with Crippen LogP contribution in [0.25, 0.3) is 11.1 Å². The second-order valence-electron chi connectivity index (χ2n) is 14.5. The molecule has 7 rings (SSSR count). The third kappa shape index (κ3) is 6.87. The maximum absolute atomic E-state index is 14.0. The minimum Gasteiger partial charge on any atom is -0.461 e. The summed E-state index contributed by atoms with van der Waals surface area (Å²) in [6.45, 7) is 8.90. The molecule has 3 aliphatic rings. The number of carbonyl (C=O) groups excluding carboxylic acids is 3. The number of fused-ring (bicyclic) bond motifs is 4. The summed E-state index contributed by atoms with van der Waals surface area (Å²) in [6.07, 6.45) is 6.20. The molecule has 0 spiro atoms. The van der Waals surface area contributed by atoms with Crippen LogP contribution >= 0.6 is 0 Å². The molecule has 1 aliphatic carbocycles. The van der Waals surface area contributed by atoms with Crippen LogP contribution in [0.5, 0.6) is 0 Å². The van der Waals surface area contributed by atoms with Crippen molar-refractivity contribution >= 4 is 35.2 Å². The summed E-state index contributed by atoms with van der Waals surface area (Å²) < 4.78 is 14.8. The standard InChI is InChI=1S/C39H44N6O6/c1-24(46)50-23-29-28(10-8-12-33(29)45-18-17-44-32-11-7-6-9-25(32)20-34(44)37(45)48)27-19-31(36(47)42(5)21-27)41-35-14-13-26-22-43(16-15-30(26)40-35)38(49)51-39(2,3)4/h8,10,12-14,19-21H,6-7,9,11,15-18,22-23H2,1-5H3,(H,40,41). The number of anilines is 3. The molecule has 266 valence electrons. The number of hydrogen-bond acceptors (Lipinski definition) is 8. The summed E-state index contributed by atoms with van der Waals surface area (Å²) in [4.78, 5) is 60.4. The van der Waals surface area contributed by atoms with Crippen LogP contribution in [0.2, 0.25) is 0 Å². The highest BCUT2D eigenvalue weighted by Crippen LogP contribution is 2.36. The molecule has 0 saturated carbocycles. The van der Waals surface area contributed by atoms with Crippen molar-refractivity contribution in [1.82, 2.24) is 19.0 Å². The lowest BCUT2D eigenvalue weighted by molar-refractivity contribution is -0.142. The number of nitrogens with zero attached hydrogens (tertiary/aromatic N) is 5. The van der Waals surface area contributed by atoms with E-state index in [-0.39, 0.29) is 24.2 Å². The smallest absolute Gasteiger partial charge is 0.410 e. The van der Waals surface area contributed by atoms with Crippen molar-refractivity contribution in [2.24, 2.45) is 7.05 Å². The predicted molar refractivity (Wildman–Crippen MR) is 193 cm³/mol. The minimum absolute atomic E-state index is 0.0412. The van der Waals surface area contributed by atoms with Crippen LogP contribution in [0.15, 0.2) is 53.5 Å². The highest BCUT2D eigenvalue weighted by molar-refractivity contribution is 6.07. The quantitative estimate of drug-likeness (QED) is 0.248. The molecule has 12 heteroatoms. The van der Waals surface area contributed by atoms with Gasteiger partial charge in [-0.3, -0.25) is 14.4 Å². The first-order valence-corrected chi connectivity index (χ1v) is 17.6. The van der Waals surface area contributed by atoms with Crippen molar-refractivity contribution in [2.75, 3.05) is 23.3 Å². The number of rotatable bonds is 6. The minimum atomic E-state index is -0.579. The fourth-order valence-corrected chi connectivity index (χ4v) is 7.35. The molecule has 5 heterocycles. The molecule has 12 nitrogen and oxygen atoms in total. The predicted octanol–water partition coefficient (Wildman–Crippen LogP) is 5.89. The largest absolute Gasteiger partial charge is 0.461 e. The Labute approximate surface area is 297 Å². The van der Waals surface area contributed by atoms with E-state index in [2.05, 4.69) is 16.0 Å². The van der Waals surface area contributed by atoms with Crippen LogP contribution in [0, 0.1) is 0 Å². The number of pyridine rings is 2. The Hall–Kier alpha value is -5.39. The van der Waals surface area contributed by atoms with E-state index in [0.29, 0.717) is 66.6 Å². The van der Waals surface area contributed by atoms with Crippen LogP contribution < -0.4 is 15.8 Å². The van der Waals surface area contributed by atoms with E-state index in [1.165, 1.54) is 22.7 Å². The number of ether oxygens (including phenoxy) is 2. The molecule has 0 atom stereocenters. The first-order chi connectivity index (χ1) is 24.4. The van der Waals surface area contributed by atoms with Gasteiger partial charge in [0.25, 0.3) is 11.5 Å². The van der Waals surface area contributed by atoms with Gasteiger partial charge in [-0.1, -0.05) is 18.2 Å². The average Bonchev–Trinajstić information content (AvgIpc) is 3.48. The van der Waals surface area contributed by atoms with Gasteiger partial charge in [0.15, 0.2) is 0 Å². The van der Waals surface area contributed by atoms with Crippen molar-refractivity contribution in [2.45, 2.75) is 85.1 Å². The van der Waals surface area contributed by atoms with Crippen molar-refractivity contribution in [1.29, 1.82) is 0 Å². The van der Waals surface area contributed by atoms with Crippen LogP contribution in [0.1, 0.15) is 79.1 Å². The number of nitrogens with one attached hydrogen (secondary N) is 1. The van der Waals surface area contributed by atoms with E-state index in [1.807, 2.05) is 45.0 Å². The number of carbonyl (C=O) groups is 3. The SMILES string of the molecule is CC(=O)OCc1c(-c2cc(Nc3ccc4c(n3)CCN(C(=O)OC(C)(C)C)C4)c(=O)n(C)c2)cccc1N1CCn2c(cc3c2CCCC3)C1=O. The van der Waals surface area contributed by atoms with Gasteiger partial charge in [-0.25, -0.2) is 9.78 Å². The van der Waals surface area contributed by atoms with Crippen molar-refractivity contribution in [3.05, 3.63) is 92.8 Å². The number of benzene rings is 1. The van der Waals surface area contributed by atoms with Gasteiger partial charge in [0, 0.05) is 68.7 Å². The summed E-state index contributed by atoms with van der Waals surface area (Å²) in [6, 6.07) is 13.2. The molecule has 2 aliphatic heterocycles. The Bertz CT molecular complexity index is 2110. The van der Waals surface area contributed by atoms with Gasteiger partial charge < -0.3 is 33.7 Å². The molecule has 0 saturated heterocycles. The highest BCUT2D eigenvalue weighted by Gasteiger charge is 2.32. The van der Waals surface area contributed by atoms with Crippen molar-refractivity contribution in [3.63, 3.8) is 0 Å². The Kier molecular flexibility index (Phi) is 8.94. The Morgan fingerprint density at radius 3 is 2.55 bits per heavy atom. The zero-order valence-electron chi connectivity index (χ0n) is 29.9. The number of aromatic nitrogens is 3.